The van der Waals surface area contributed by atoms with Gasteiger partial charge in [-0.2, -0.15) is 0 Å². The molecule has 0 aromatic rings. The van der Waals surface area contributed by atoms with Gasteiger partial charge in [0.2, 0.25) is 5.91 Å². The highest BCUT2D eigenvalue weighted by atomic mass is 16.5. The van der Waals surface area contributed by atoms with Crippen molar-refractivity contribution in [3.05, 3.63) is 0 Å². The van der Waals surface area contributed by atoms with E-state index in [-0.39, 0.29) is 19.4 Å². The average molecular weight is 247 g/mol. The van der Waals surface area contributed by atoms with E-state index in [0.29, 0.717) is 0 Å². The number of carbonyl (C=O) groups excluding carboxylic acids is 2. The number of hydrogen-bond acceptors (Lipinski definition) is 5. The number of aliphatic carboxylic acids is 1. The lowest BCUT2D eigenvalue weighted by atomic mass is 10.1. The predicted molar refractivity (Wildman–Crippen MR) is 57.1 cm³/mol. The van der Waals surface area contributed by atoms with Gasteiger partial charge < -0.3 is 20.3 Å². The number of nitrogens with one attached hydrogen (secondary N) is 1. The van der Waals surface area contributed by atoms with E-state index in [1.165, 1.54) is 6.92 Å². The van der Waals surface area contributed by atoms with E-state index in [9.17, 15) is 14.4 Å². The maximum Gasteiger partial charge on any atom is 0.328 e. The van der Waals surface area contributed by atoms with E-state index in [1.54, 1.807) is 6.92 Å². The molecule has 7 heteroatoms. The number of aliphatic hydroxyl groups excluding tert-OH is 1. The first-order valence-electron chi connectivity index (χ1n) is 5.24. The van der Waals surface area contributed by atoms with Gasteiger partial charge in [-0.05, 0) is 13.8 Å². The van der Waals surface area contributed by atoms with Crippen molar-refractivity contribution in [2.75, 3.05) is 6.61 Å². The van der Waals surface area contributed by atoms with E-state index < -0.39 is 30.0 Å². The van der Waals surface area contributed by atoms with Crippen LogP contribution >= 0.6 is 0 Å². The van der Waals surface area contributed by atoms with Gasteiger partial charge in [-0.1, -0.05) is 0 Å². The molecule has 1 amide bonds. The molecule has 0 aliphatic rings. The van der Waals surface area contributed by atoms with Gasteiger partial charge in [-0.25, -0.2) is 4.79 Å². The maximum absolute atomic E-state index is 11.3. The Balaban J connectivity index is 4.07. The molecule has 0 saturated carbocycles. The minimum absolute atomic E-state index is 0.119. The zero-order chi connectivity index (χ0) is 13.4. The molecule has 0 saturated heterocycles. The van der Waals surface area contributed by atoms with Crippen molar-refractivity contribution in [1.82, 2.24) is 5.32 Å². The molecular weight excluding hydrogens is 230 g/mol. The van der Waals surface area contributed by atoms with Crippen LogP contribution in [-0.2, 0) is 19.1 Å². The highest BCUT2D eigenvalue weighted by Crippen LogP contribution is 1.97. The molecular formula is C10H17NO6. The van der Waals surface area contributed by atoms with Crippen LogP contribution in [0.5, 0.6) is 0 Å². The molecule has 3 N–H and O–H groups in total. The Morgan fingerprint density at radius 3 is 2.29 bits per heavy atom. The summed E-state index contributed by atoms with van der Waals surface area (Å²) in [6.07, 6.45) is -1.50. The molecule has 98 valence electrons. The molecule has 0 fully saturated rings. The first-order chi connectivity index (χ1) is 7.88. The summed E-state index contributed by atoms with van der Waals surface area (Å²) in [6, 6.07) is -1.37. The molecule has 7 nitrogen and oxygen atoms in total. The summed E-state index contributed by atoms with van der Waals surface area (Å²) in [5.74, 6) is -2.47. The number of rotatable bonds is 7. The van der Waals surface area contributed by atoms with Crippen molar-refractivity contribution < 1.29 is 29.3 Å². The number of ether oxygens (including phenoxy) is 1. The van der Waals surface area contributed by atoms with E-state index in [1.807, 2.05) is 0 Å². The molecule has 0 aromatic carbocycles. The summed E-state index contributed by atoms with van der Waals surface area (Å²) in [5.41, 5.74) is 0. The van der Waals surface area contributed by atoms with Gasteiger partial charge in [0.1, 0.15) is 0 Å². The SMILES string of the molecule is CCOC(=O)CCC(=O)NC(C(=O)O)C(C)O. The van der Waals surface area contributed by atoms with Gasteiger partial charge in [0, 0.05) is 6.42 Å². The molecule has 0 aromatic heterocycles. The molecule has 2 atom stereocenters. The Morgan fingerprint density at radius 1 is 1.29 bits per heavy atom. The first-order valence-corrected chi connectivity index (χ1v) is 5.24. The fourth-order valence-electron chi connectivity index (χ4n) is 1.08. The lowest BCUT2D eigenvalue weighted by Crippen LogP contribution is -2.47. The van der Waals surface area contributed by atoms with Gasteiger partial charge in [-0.3, -0.25) is 9.59 Å². The topological polar surface area (TPSA) is 113 Å². The van der Waals surface area contributed by atoms with Gasteiger partial charge in [0.25, 0.3) is 0 Å². The smallest absolute Gasteiger partial charge is 0.328 e. The van der Waals surface area contributed by atoms with Crippen molar-refractivity contribution in [3.63, 3.8) is 0 Å². The Bertz CT molecular complexity index is 289. The second-order valence-electron chi connectivity index (χ2n) is 3.43. The van der Waals surface area contributed by atoms with Crippen LogP contribution in [0.2, 0.25) is 0 Å². The van der Waals surface area contributed by atoms with Gasteiger partial charge in [-0.15, -0.1) is 0 Å². The average Bonchev–Trinajstić information content (AvgIpc) is 2.22. The van der Waals surface area contributed by atoms with Crippen molar-refractivity contribution in [3.8, 4) is 0 Å². The summed E-state index contributed by atoms with van der Waals surface area (Å²) >= 11 is 0. The molecule has 0 radical (unpaired) electrons. The first kappa shape index (κ1) is 15.4. The Labute approximate surface area is 98.8 Å². The minimum Gasteiger partial charge on any atom is -0.480 e. The van der Waals surface area contributed by atoms with Gasteiger partial charge >= 0.3 is 11.9 Å². The largest absolute Gasteiger partial charge is 0.480 e. The molecule has 0 aliphatic heterocycles. The molecule has 0 aliphatic carbocycles. The standard InChI is InChI=1S/C10H17NO6/c1-3-17-8(14)5-4-7(13)11-9(6(2)12)10(15)16/h6,9,12H,3-5H2,1-2H3,(H,11,13)(H,15,16). The second-order valence-corrected chi connectivity index (χ2v) is 3.43. The highest BCUT2D eigenvalue weighted by Gasteiger charge is 2.24. The number of hydrogen-bond donors (Lipinski definition) is 3. The van der Waals surface area contributed by atoms with E-state index in [2.05, 4.69) is 10.1 Å². The van der Waals surface area contributed by atoms with E-state index in [4.69, 9.17) is 10.2 Å². The lowest BCUT2D eigenvalue weighted by molar-refractivity contribution is -0.146. The van der Waals surface area contributed by atoms with Crippen molar-refractivity contribution in [2.45, 2.75) is 38.8 Å². The second kappa shape index (κ2) is 7.61. The fourth-order valence-corrected chi connectivity index (χ4v) is 1.08. The van der Waals surface area contributed by atoms with Crippen LogP contribution < -0.4 is 5.32 Å². The Kier molecular flexibility index (Phi) is 6.88. The van der Waals surface area contributed by atoms with Crippen molar-refractivity contribution in [1.29, 1.82) is 0 Å². The molecule has 17 heavy (non-hydrogen) atoms. The monoisotopic (exact) mass is 247 g/mol. The zero-order valence-corrected chi connectivity index (χ0v) is 9.80. The van der Waals surface area contributed by atoms with Crippen LogP contribution in [0, 0.1) is 0 Å². The number of amides is 1. The third-order valence-corrected chi connectivity index (χ3v) is 1.93. The Morgan fingerprint density at radius 2 is 1.88 bits per heavy atom. The van der Waals surface area contributed by atoms with Gasteiger partial charge in [0.05, 0.1) is 19.1 Å². The maximum atomic E-state index is 11.3. The summed E-state index contributed by atoms with van der Waals surface area (Å²) in [5, 5.41) is 19.9. The summed E-state index contributed by atoms with van der Waals surface area (Å²) in [6.45, 7) is 3.13. The molecule has 0 bridgehead atoms. The Hall–Kier alpha value is -1.63. The van der Waals surface area contributed by atoms with Crippen molar-refractivity contribution in [2.24, 2.45) is 0 Å². The molecule has 2 unspecified atom stereocenters. The number of carboxylic acid groups (broad SMARTS) is 1. The summed E-state index contributed by atoms with van der Waals surface area (Å²) in [4.78, 5) is 32.9. The van der Waals surface area contributed by atoms with Crippen LogP contribution in [0.4, 0.5) is 0 Å². The number of carbonyl (C=O) groups is 3. The number of aliphatic hydroxyl groups is 1. The number of esters is 1. The zero-order valence-electron chi connectivity index (χ0n) is 9.80. The number of carboxylic acids is 1. The predicted octanol–water partition coefficient (Wildman–Crippen LogP) is -0.720. The van der Waals surface area contributed by atoms with E-state index in [0.717, 1.165) is 0 Å². The molecule has 0 rings (SSSR count). The highest BCUT2D eigenvalue weighted by molar-refractivity contribution is 5.86. The fraction of sp³-hybridized carbons (Fsp3) is 0.700. The summed E-state index contributed by atoms with van der Waals surface area (Å²) < 4.78 is 4.61. The van der Waals surface area contributed by atoms with Crippen LogP contribution in [0.1, 0.15) is 26.7 Å². The molecule has 0 spiro atoms. The normalized spacial score (nSPS) is 13.6. The molecule has 0 heterocycles. The lowest BCUT2D eigenvalue weighted by Gasteiger charge is -2.16. The quantitative estimate of drug-likeness (QED) is 0.512. The third-order valence-electron chi connectivity index (χ3n) is 1.93. The third kappa shape index (κ3) is 6.52. The van der Waals surface area contributed by atoms with Crippen LogP contribution in [-0.4, -0.2) is 46.8 Å². The minimum atomic E-state index is -1.37. The van der Waals surface area contributed by atoms with Crippen LogP contribution in [0.15, 0.2) is 0 Å². The van der Waals surface area contributed by atoms with Crippen LogP contribution in [0.25, 0.3) is 0 Å². The van der Waals surface area contributed by atoms with Crippen molar-refractivity contribution >= 4 is 17.8 Å². The van der Waals surface area contributed by atoms with Crippen LogP contribution in [0.3, 0.4) is 0 Å². The van der Waals surface area contributed by atoms with E-state index >= 15 is 0 Å². The van der Waals surface area contributed by atoms with Gasteiger partial charge in [0.15, 0.2) is 6.04 Å². The summed E-state index contributed by atoms with van der Waals surface area (Å²) in [7, 11) is 0.